The minimum atomic E-state index is -4.81. The van der Waals surface area contributed by atoms with E-state index in [4.69, 9.17) is 9.47 Å². The predicted octanol–water partition coefficient (Wildman–Crippen LogP) is 7.64. The molecular formula is C38H61KO7S. The van der Waals surface area contributed by atoms with Crippen LogP contribution in [0.4, 0.5) is 0 Å². The van der Waals surface area contributed by atoms with Crippen molar-refractivity contribution in [2.24, 2.45) is 0 Å². The van der Waals surface area contributed by atoms with E-state index < -0.39 is 27.0 Å². The first-order valence-electron chi connectivity index (χ1n) is 18.0. The van der Waals surface area contributed by atoms with Gasteiger partial charge in [0, 0.05) is 0 Å². The largest absolute Gasteiger partial charge is 1.00 e. The Balaban J connectivity index is 0.0000212. The monoisotopic (exact) mass is 700 g/mol. The fourth-order valence-corrected chi connectivity index (χ4v) is 5.90. The molecule has 1 rings (SSSR count). The van der Waals surface area contributed by atoms with E-state index in [2.05, 4.69) is 38.2 Å². The van der Waals surface area contributed by atoms with E-state index in [9.17, 15) is 22.6 Å². The van der Waals surface area contributed by atoms with Crippen molar-refractivity contribution >= 4 is 22.1 Å². The number of allylic oxidation sites excluding steroid dienone is 4. The molecule has 0 aromatic heterocycles. The molecule has 0 N–H and O–H groups in total. The fourth-order valence-electron chi connectivity index (χ4n) is 5.40. The maximum Gasteiger partial charge on any atom is 1.00 e. The number of unbranched alkanes of at least 4 members (excludes halogenated alkanes) is 20. The first kappa shape index (κ1) is 46.2. The second-order valence-corrected chi connectivity index (χ2v) is 13.6. The molecule has 0 unspecified atom stereocenters. The molecule has 0 atom stereocenters. The van der Waals surface area contributed by atoms with Gasteiger partial charge in [0.15, 0.2) is 0 Å². The summed E-state index contributed by atoms with van der Waals surface area (Å²) in [6.45, 7) is 4.48. The zero-order valence-electron chi connectivity index (χ0n) is 29.8. The van der Waals surface area contributed by atoms with E-state index >= 15 is 0 Å². The molecule has 1 aromatic carbocycles. The Morgan fingerprint density at radius 1 is 0.574 bits per heavy atom. The molecule has 0 radical (unpaired) electrons. The molecule has 0 aliphatic rings. The van der Waals surface area contributed by atoms with Crippen molar-refractivity contribution in [3.8, 4) is 0 Å². The summed E-state index contributed by atoms with van der Waals surface area (Å²) < 4.78 is 45.5. The predicted molar refractivity (Wildman–Crippen MR) is 186 cm³/mol. The summed E-state index contributed by atoms with van der Waals surface area (Å²) in [4.78, 5) is 25.0. The molecule has 0 saturated carbocycles. The Morgan fingerprint density at radius 2 is 0.915 bits per heavy atom. The van der Waals surface area contributed by atoms with Crippen molar-refractivity contribution in [2.75, 3.05) is 13.2 Å². The van der Waals surface area contributed by atoms with Crippen LogP contribution >= 0.6 is 0 Å². The van der Waals surface area contributed by atoms with Gasteiger partial charge >= 0.3 is 63.3 Å². The van der Waals surface area contributed by atoms with Crippen LogP contribution in [0.25, 0.3) is 0 Å². The van der Waals surface area contributed by atoms with Gasteiger partial charge in [-0.2, -0.15) is 0 Å². The first-order chi connectivity index (χ1) is 22.3. The minimum absolute atomic E-state index is 0. The maximum absolute atomic E-state index is 12.8. The average Bonchev–Trinajstić information content (AvgIpc) is 3.04. The van der Waals surface area contributed by atoms with Crippen LogP contribution in [0.15, 0.2) is 47.4 Å². The Bertz CT molecular complexity index is 1120. The number of hydrogen-bond acceptors (Lipinski definition) is 7. The van der Waals surface area contributed by atoms with Gasteiger partial charge in [0.25, 0.3) is 0 Å². The van der Waals surface area contributed by atoms with Gasteiger partial charge < -0.3 is 14.0 Å². The molecule has 0 saturated heterocycles. The quantitative estimate of drug-likeness (QED) is 0.0278. The van der Waals surface area contributed by atoms with Gasteiger partial charge in [-0.15, -0.1) is 0 Å². The Labute approximate surface area is 329 Å². The molecule has 1 aromatic rings. The molecule has 7 nitrogen and oxygen atoms in total. The van der Waals surface area contributed by atoms with Crippen LogP contribution in [-0.4, -0.2) is 38.1 Å². The van der Waals surface area contributed by atoms with Crippen LogP contribution in [-0.2, 0) is 19.6 Å². The summed E-state index contributed by atoms with van der Waals surface area (Å²) in [5.74, 6) is -1.56. The smallest absolute Gasteiger partial charge is 0.744 e. The van der Waals surface area contributed by atoms with Crippen LogP contribution in [0.2, 0.25) is 0 Å². The number of rotatable bonds is 29. The Morgan fingerprint density at radius 3 is 1.28 bits per heavy atom. The molecule has 0 bridgehead atoms. The zero-order chi connectivity index (χ0) is 33.7. The van der Waals surface area contributed by atoms with Crippen molar-refractivity contribution in [1.82, 2.24) is 0 Å². The van der Waals surface area contributed by atoms with Crippen molar-refractivity contribution in [3.63, 3.8) is 0 Å². The number of carbonyl (C=O) groups excluding carboxylic acids is 2. The topological polar surface area (TPSA) is 110 Å². The van der Waals surface area contributed by atoms with Crippen LogP contribution in [0.1, 0.15) is 176 Å². The summed E-state index contributed by atoms with van der Waals surface area (Å²) in [6, 6.07) is 3.11. The number of benzene rings is 1. The van der Waals surface area contributed by atoms with E-state index in [0.29, 0.717) is 12.8 Å². The number of esters is 2. The average molecular weight is 701 g/mol. The SMILES string of the molecule is C/C=C/CCCCCCCCCCCCOC(=O)c1ccc(S(=O)(=O)[O-])cc1C(=O)OCCCCCCCCCCCC/C=C/C.[K+]. The summed E-state index contributed by atoms with van der Waals surface area (Å²) in [5, 5.41) is 0. The first-order valence-corrected chi connectivity index (χ1v) is 19.4. The third-order valence-corrected chi connectivity index (χ3v) is 9.02. The molecule has 0 amide bonds. The Hall–Kier alpha value is -0.814. The zero-order valence-corrected chi connectivity index (χ0v) is 33.7. The summed E-state index contributed by atoms with van der Waals surface area (Å²) in [5.41, 5.74) is -0.348. The number of hydrogen-bond donors (Lipinski definition) is 0. The van der Waals surface area contributed by atoms with Crippen LogP contribution in [0, 0.1) is 0 Å². The van der Waals surface area contributed by atoms with E-state index in [1.807, 2.05) is 0 Å². The van der Waals surface area contributed by atoms with E-state index in [-0.39, 0.29) is 75.7 Å². The molecule has 0 aliphatic carbocycles. The molecule has 9 heteroatoms. The molecule has 47 heavy (non-hydrogen) atoms. The third kappa shape index (κ3) is 24.9. The Kier molecular flexibility index (Phi) is 30.6. The van der Waals surface area contributed by atoms with Crippen LogP contribution in [0.5, 0.6) is 0 Å². The van der Waals surface area contributed by atoms with Crippen molar-refractivity contribution < 1.29 is 83.4 Å². The molecule has 0 fully saturated rings. The normalized spacial score (nSPS) is 11.6. The van der Waals surface area contributed by atoms with Crippen LogP contribution in [0.3, 0.4) is 0 Å². The second-order valence-electron chi connectivity index (χ2n) is 12.2. The van der Waals surface area contributed by atoms with Gasteiger partial charge in [0.1, 0.15) is 10.1 Å². The van der Waals surface area contributed by atoms with E-state index in [1.165, 1.54) is 89.9 Å². The fraction of sp³-hybridized carbons (Fsp3) is 0.684. The van der Waals surface area contributed by atoms with E-state index in [1.54, 1.807) is 0 Å². The summed E-state index contributed by atoms with van der Waals surface area (Å²) in [6.07, 6.45) is 33.8. The molecule has 0 spiro atoms. The van der Waals surface area contributed by atoms with Gasteiger partial charge in [0.2, 0.25) is 0 Å². The number of carbonyl (C=O) groups is 2. The van der Waals surface area contributed by atoms with Crippen molar-refractivity contribution in [3.05, 3.63) is 53.6 Å². The van der Waals surface area contributed by atoms with Gasteiger partial charge in [-0.25, -0.2) is 18.0 Å². The van der Waals surface area contributed by atoms with Gasteiger partial charge in [-0.05, 0) is 70.6 Å². The van der Waals surface area contributed by atoms with Crippen molar-refractivity contribution in [2.45, 2.75) is 160 Å². The summed E-state index contributed by atoms with van der Waals surface area (Å²) >= 11 is 0. The molecule has 0 heterocycles. The molecule has 262 valence electrons. The minimum Gasteiger partial charge on any atom is -0.744 e. The van der Waals surface area contributed by atoms with Crippen molar-refractivity contribution in [1.29, 1.82) is 0 Å². The molecule has 0 aliphatic heterocycles. The molecular weight excluding hydrogens is 640 g/mol. The third-order valence-electron chi connectivity index (χ3n) is 8.19. The van der Waals surface area contributed by atoms with Gasteiger partial charge in [-0.3, -0.25) is 0 Å². The maximum atomic E-state index is 12.8. The number of ether oxygens (including phenoxy) is 2. The standard InChI is InChI=1S/C38H62O7S.K/c1-3-5-7-9-11-13-15-17-19-21-23-25-27-31-44-37(39)35-30-29-34(46(41,42)43)33-36(35)38(40)45-32-28-26-24-22-20-18-16-14-12-10-8-6-4-2;/h3-6,29-30,33H,7-28,31-32H2,1-2H3,(H,41,42,43);/q;+1/p-1/b5-3+,6-4+;. The second kappa shape index (κ2) is 31.2. The van der Waals surface area contributed by atoms with Gasteiger partial charge in [-0.1, -0.05) is 127 Å². The summed E-state index contributed by atoms with van der Waals surface area (Å²) in [7, 11) is -4.81. The van der Waals surface area contributed by atoms with E-state index in [0.717, 1.165) is 56.7 Å². The van der Waals surface area contributed by atoms with Crippen LogP contribution < -0.4 is 51.4 Å². The van der Waals surface area contributed by atoms with Gasteiger partial charge in [0.05, 0.1) is 29.2 Å².